The van der Waals surface area contributed by atoms with Crippen molar-refractivity contribution in [1.29, 1.82) is 0 Å². The van der Waals surface area contributed by atoms with Gasteiger partial charge in [0.05, 0.1) is 14.2 Å². The van der Waals surface area contributed by atoms with Crippen molar-refractivity contribution in [2.24, 2.45) is 0 Å². The van der Waals surface area contributed by atoms with Crippen LogP contribution in [0.25, 0.3) is 22.1 Å². The van der Waals surface area contributed by atoms with E-state index in [9.17, 15) is 9.59 Å². The highest BCUT2D eigenvalue weighted by Crippen LogP contribution is 2.33. The van der Waals surface area contributed by atoms with Crippen LogP contribution in [-0.4, -0.2) is 40.3 Å². The molecular weight excluding hydrogens is 460 g/mol. The van der Waals surface area contributed by atoms with Gasteiger partial charge in [-0.1, -0.05) is 12.1 Å². The van der Waals surface area contributed by atoms with Crippen LogP contribution in [0, 0.1) is 6.92 Å². The number of hydrogen-bond acceptors (Lipinski definition) is 7. The minimum absolute atomic E-state index is 0.0505. The third kappa shape index (κ3) is 5.34. The summed E-state index contributed by atoms with van der Waals surface area (Å²) in [5.41, 5.74) is 2.58. The molecule has 36 heavy (non-hydrogen) atoms. The van der Waals surface area contributed by atoms with Crippen LogP contribution in [0.15, 0.2) is 69.9 Å². The second-order valence-corrected chi connectivity index (χ2v) is 8.16. The molecule has 0 fully saturated rings. The van der Waals surface area contributed by atoms with E-state index in [1.54, 1.807) is 44.6 Å². The molecule has 1 heterocycles. The molecule has 8 heteroatoms. The predicted octanol–water partition coefficient (Wildman–Crippen LogP) is 4.64. The number of amides is 1. The fraction of sp³-hybridized carbons (Fsp3) is 0.214. The topological polar surface area (TPSA) is 99.0 Å². The third-order valence-corrected chi connectivity index (χ3v) is 5.73. The smallest absolute Gasteiger partial charge is 0.360 e. The van der Waals surface area contributed by atoms with Gasteiger partial charge in [-0.2, -0.15) is 0 Å². The molecule has 186 valence electrons. The molecule has 0 aliphatic heterocycles. The summed E-state index contributed by atoms with van der Waals surface area (Å²) >= 11 is 0. The van der Waals surface area contributed by atoms with Gasteiger partial charge in [0.1, 0.15) is 35.1 Å². The molecule has 3 aromatic carbocycles. The number of rotatable bonds is 9. The zero-order valence-electron chi connectivity index (χ0n) is 20.6. The maximum atomic E-state index is 13.1. The molecule has 0 aliphatic carbocycles. The minimum Gasteiger partial charge on any atom is -0.497 e. The van der Waals surface area contributed by atoms with Crippen molar-refractivity contribution in [3.63, 3.8) is 0 Å². The van der Waals surface area contributed by atoms with Gasteiger partial charge < -0.3 is 29.3 Å². The van der Waals surface area contributed by atoms with Crippen LogP contribution >= 0.6 is 0 Å². The second-order valence-electron chi connectivity index (χ2n) is 8.16. The van der Waals surface area contributed by atoms with Gasteiger partial charge in [0, 0.05) is 29.1 Å². The lowest BCUT2D eigenvalue weighted by atomic mass is 10.0. The summed E-state index contributed by atoms with van der Waals surface area (Å²) in [5.74, 6) is 1.48. The molecule has 0 unspecified atom stereocenters. The highest BCUT2D eigenvalue weighted by Gasteiger charge is 2.16. The average Bonchev–Trinajstić information content (AvgIpc) is 2.89. The number of fused-ring (bicyclic) bond motifs is 1. The Labute approximate surface area is 208 Å². The van der Waals surface area contributed by atoms with E-state index in [2.05, 4.69) is 10.6 Å². The van der Waals surface area contributed by atoms with Crippen molar-refractivity contribution >= 4 is 22.6 Å². The summed E-state index contributed by atoms with van der Waals surface area (Å²) < 4.78 is 22.0. The number of likely N-dealkylation sites (N-methyl/N-ethyl adjacent to an activating group) is 1. The normalized spacial score (nSPS) is 10.8. The number of nitrogens with one attached hydrogen (secondary N) is 2. The molecule has 8 nitrogen and oxygen atoms in total. The number of methoxy groups -OCH3 is 2. The van der Waals surface area contributed by atoms with E-state index < -0.39 is 11.5 Å². The summed E-state index contributed by atoms with van der Waals surface area (Å²) in [5, 5.41) is 6.37. The Balaban J connectivity index is 1.63. The average molecular weight is 489 g/mol. The van der Waals surface area contributed by atoms with Crippen molar-refractivity contribution in [2.75, 3.05) is 39.7 Å². The van der Waals surface area contributed by atoms with Crippen LogP contribution < -0.4 is 30.5 Å². The summed E-state index contributed by atoms with van der Waals surface area (Å²) in [6.07, 6.45) is 0. The molecule has 4 rings (SSSR count). The molecule has 1 amide bonds. The Hall–Kier alpha value is -4.30. The van der Waals surface area contributed by atoms with Gasteiger partial charge in [-0.3, -0.25) is 4.79 Å². The fourth-order valence-corrected chi connectivity index (χ4v) is 3.83. The van der Waals surface area contributed by atoms with E-state index in [0.717, 1.165) is 16.7 Å². The van der Waals surface area contributed by atoms with Crippen LogP contribution in [0.4, 0.5) is 5.69 Å². The van der Waals surface area contributed by atoms with E-state index in [0.29, 0.717) is 46.9 Å². The zero-order chi connectivity index (χ0) is 25.7. The van der Waals surface area contributed by atoms with Gasteiger partial charge in [-0.25, -0.2) is 4.79 Å². The van der Waals surface area contributed by atoms with E-state index >= 15 is 0 Å². The molecular formula is C28H28N2O6. The number of carbonyl (C=O) groups is 1. The van der Waals surface area contributed by atoms with Gasteiger partial charge in [0.25, 0.3) is 5.91 Å². The maximum Gasteiger partial charge on any atom is 0.360 e. The second kappa shape index (κ2) is 11.0. The fourth-order valence-electron chi connectivity index (χ4n) is 3.83. The Morgan fingerprint density at radius 2 is 1.81 bits per heavy atom. The molecule has 0 aliphatic rings. The van der Waals surface area contributed by atoms with Crippen LogP contribution in [0.5, 0.6) is 17.2 Å². The summed E-state index contributed by atoms with van der Waals surface area (Å²) in [7, 11) is 5.00. The lowest BCUT2D eigenvalue weighted by Crippen LogP contribution is -2.18. The van der Waals surface area contributed by atoms with E-state index in [4.69, 9.17) is 18.6 Å². The van der Waals surface area contributed by atoms with Gasteiger partial charge in [0.15, 0.2) is 0 Å². The molecule has 0 saturated heterocycles. The van der Waals surface area contributed by atoms with Crippen molar-refractivity contribution < 1.29 is 23.4 Å². The predicted molar refractivity (Wildman–Crippen MR) is 140 cm³/mol. The number of aryl methyl sites for hydroxylation is 1. The van der Waals surface area contributed by atoms with E-state index in [1.807, 2.05) is 44.3 Å². The first-order valence-electron chi connectivity index (χ1n) is 11.4. The zero-order valence-corrected chi connectivity index (χ0v) is 20.6. The van der Waals surface area contributed by atoms with E-state index in [1.165, 1.54) is 0 Å². The van der Waals surface area contributed by atoms with Crippen LogP contribution in [0.3, 0.4) is 0 Å². The molecule has 4 aromatic rings. The first kappa shape index (κ1) is 24.8. The van der Waals surface area contributed by atoms with Crippen LogP contribution in [0.1, 0.15) is 15.9 Å². The highest BCUT2D eigenvalue weighted by atomic mass is 16.5. The Bertz CT molecular complexity index is 1460. The Morgan fingerprint density at radius 3 is 2.56 bits per heavy atom. The largest absolute Gasteiger partial charge is 0.497 e. The lowest BCUT2D eigenvalue weighted by Gasteiger charge is -2.13. The Kier molecular flexibility index (Phi) is 7.56. The summed E-state index contributed by atoms with van der Waals surface area (Å²) in [6.45, 7) is 3.09. The van der Waals surface area contributed by atoms with Crippen molar-refractivity contribution in [2.45, 2.75) is 6.92 Å². The summed E-state index contributed by atoms with van der Waals surface area (Å²) in [6, 6.07) is 17.7. The first-order valence-corrected chi connectivity index (χ1v) is 11.4. The number of anilines is 1. The van der Waals surface area contributed by atoms with Crippen molar-refractivity contribution in [1.82, 2.24) is 5.32 Å². The van der Waals surface area contributed by atoms with Crippen molar-refractivity contribution in [3.05, 3.63) is 82.2 Å². The quantitative estimate of drug-likeness (QED) is 0.262. The number of benzene rings is 3. The van der Waals surface area contributed by atoms with Crippen LogP contribution in [0.2, 0.25) is 0 Å². The number of ether oxygens (including phenoxy) is 3. The van der Waals surface area contributed by atoms with Gasteiger partial charge in [0.2, 0.25) is 0 Å². The van der Waals surface area contributed by atoms with Gasteiger partial charge in [-0.05, 0) is 67.6 Å². The maximum absolute atomic E-state index is 13.1. The van der Waals surface area contributed by atoms with Gasteiger partial charge in [-0.15, -0.1) is 0 Å². The molecule has 0 saturated carbocycles. The van der Waals surface area contributed by atoms with Crippen LogP contribution in [-0.2, 0) is 0 Å². The minimum atomic E-state index is -0.651. The molecule has 0 atom stereocenters. The number of carbonyl (C=O) groups excluding carboxylic acids is 1. The molecule has 2 N–H and O–H groups in total. The lowest BCUT2D eigenvalue weighted by molar-refractivity contribution is 0.102. The molecule has 0 radical (unpaired) electrons. The molecule has 0 spiro atoms. The standard InChI is InChI=1S/C28H28N2O6/c1-17-12-20-15-23(28(32)36-26(20)16-25(17)35-11-10-29-2)30-27(31)19-8-9-24(34-4)22(14-19)18-6-5-7-21(13-18)33-3/h5-9,12-16,29H,10-11H2,1-4H3,(H,30,31). The summed E-state index contributed by atoms with van der Waals surface area (Å²) in [4.78, 5) is 25.7. The Morgan fingerprint density at radius 1 is 0.972 bits per heavy atom. The van der Waals surface area contributed by atoms with Crippen molar-refractivity contribution in [3.8, 4) is 28.4 Å². The SMILES string of the molecule is CNCCOc1cc2oc(=O)c(NC(=O)c3ccc(OC)c(-c4cccc(OC)c4)c3)cc2cc1C. The third-order valence-electron chi connectivity index (χ3n) is 5.73. The first-order chi connectivity index (χ1) is 17.4. The van der Waals surface area contributed by atoms with Gasteiger partial charge >= 0.3 is 5.63 Å². The molecule has 0 bridgehead atoms. The number of hydrogen-bond donors (Lipinski definition) is 2. The monoisotopic (exact) mass is 488 g/mol. The highest BCUT2D eigenvalue weighted by molar-refractivity contribution is 6.05. The molecule has 1 aromatic heterocycles. The van der Waals surface area contributed by atoms with E-state index in [-0.39, 0.29) is 5.69 Å².